The van der Waals surface area contributed by atoms with E-state index >= 15 is 0 Å². The summed E-state index contributed by atoms with van der Waals surface area (Å²) in [6, 6.07) is 12.2. The smallest absolute Gasteiger partial charge is 0.141 e. The summed E-state index contributed by atoms with van der Waals surface area (Å²) in [6.07, 6.45) is 0. The molecule has 0 fully saturated rings. The average molecular weight is 368 g/mol. The maximum Gasteiger partial charge on any atom is 0.141 e. The Bertz CT molecular complexity index is 644. The van der Waals surface area contributed by atoms with Gasteiger partial charge in [-0.05, 0) is 52.0 Å². The van der Waals surface area contributed by atoms with Gasteiger partial charge >= 0.3 is 0 Å². The summed E-state index contributed by atoms with van der Waals surface area (Å²) in [5.41, 5.74) is 3.54. The van der Waals surface area contributed by atoms with E-state index in [0.29, 0.717) is 5.88 Å². The molecule has 0 saturated carbocycles. The lowest BCUT2D eigenvalue weighted by atomic mass is 9.85. The summed E-state index contributed by atoms with van der Waals surface area (Å²) >= 11 is 9.40. The molecule has 0 aliphatic rings. The summed E-state index contributed by atoms with van der Waals surface area (Å²) in [5.74, 6) is 2.20. The number of aryl methyl sites for hydroxylation is 1. The Balaban J connectivity index is 2.40. The zero-order valence-corrected chi connectivity index (χ0v) is 15.2. The van der Waals surface area contributed by atoms with Gasteiger partial charge < -0.3 is 4.74 Å². The third kappa shape index (κ3) is 4.02. The van der Waals surface area contributed by atoms with Gasteiger partial charge in [0, 0.05) is 11.4 Å². The minimum atomic E-state index is 0.0317. The van der Waals surface area contributed by atoms with E-state index in [2.05, 4.69) is 55.8 Å². The first-order valence-corrected chi connectivity index (χ1v) is 8.27. The van der Waals surface area contributed by atoms with Gasteiger partial charge in [-0.25, -0.2) is 0 Å². The SMILES string of the molecule is Cc1ccc(Oc2ccc(CCl)cc2Br)c(C(C)(C)C)c1. The van der Waals surface area contributed by atoms with Crippen molar-refractivity contribution in [1.82, 2.24) is 0 Å². The maximum absolute atomic E-state index is 6.13. The van der Waals surface area contributed by atoms with Gasteiger partial charge in [-0.15, -0.1) is 11.6 Å². The highest BCUT2D eigenvalue weighted by molar-refractivity contribution is 9.10. The lowest BCUT2D eigenvalue weighted by Gasteiger charge is -2.23. The van der Waals surface area contributed by atoms with Crippen molar-refractivity contribution in [2.24, 2.45) is 0 Å². The van der Waals surface area contributed by atoms with Crippen molar-refractivity contribution in [2.45, 2.75) is 39.0 Å². The minimum absolute atomic E-state index is 0.0317. The molecular formula is C18H20BrClO. The Morgan fingerprint density at radius 2 is 1.71 bits per heavy atom. The molecule has 1 nitrogen and oxygen atoms in total. The zero-order chi connectivity index (χ0) is 15.6. The molecule has 0 atom stereocenters. The number of rotatable bonds is 3. The predicted molar refractivity (Wildman–Crippen MR) is 93.7 cm³/mol. The largest absolute Gasteiger partial charge is 0.456 e. The molecule has 0 heterocycles. The van der Waals surface area contributed by atoms with E-state index in [-0.39, 0.29) is 5.41 Å². The Hall–Kier alpha value is -0.990. The van der Waals surface area contributed by atoms with E-state index in [0.717, 1.165) is 21.5 Å². The number of hydrogen-bond acceptors (Lipinski definition) is 1. The molecule has 0 N–H and O–H groups in total. The monoisotopic (exact) mass is 366 g/mol. The fourth-order valence-corrected chi connectivity index (χ4v) is 2.82. The van der Waals surface area contributed by atoms with Crippen LogP contribution in [0.3, 0.4) is 0 Å². The molecule has 0 radical (unpaired) electrons. The van der Waals surface area contributed by atoms with Crippen LogP contribution >= 0.6 is 27.5 Å². The van der Waals surface area contributed by atoms with Crippen molar-refractivity contribution >= 4 is 27.5 Å². The van der Waals surface area contributed by atoms with Crippen LogP contribution in [-0.2, 0) is 11.3 Å². The summed E-state index contributed by atoms with van der Waals surface area (Å²) in [4.78, 5) is 0. The quantitative estimate of drug-likeness (QED) is 0.556. The van der Waals surface area contributed by atoms with Crippen molar-refractivity contribution < 1.29 is 4.74 Å². The van der Waals surface area contributed by atoms with Gasteiger partial charge in [0.05, 0.1) is 4.47 Å². The molecule has 0 saturated heterocycles. The van der Waals surface area contributed by atoms with Gasteiger partial charge in [0.15, 0.2) is 0 Å². The lowest BCUT2D eigenvalue weighted by molar-refractivity contribution is 0.452. The molecule has 3 heteroatoms. The van der Waals surface area contributed by atoms with E-state index in [1.165, 1.54) is 11.1 Å². The van der Waals surface area contributed by atoms with Crippen LogP contribution in [0.4, 0.5) is 0 Å². The molecule has 2 rings (SSSR count). The molecule has 0 bridgehead atoms. The average Bonchev–Trinajstić information content (AvgIpc) is 2.41. The number of halogens is 2. The molecule has 0 unspecified atom stereocenters. The van der Waals surface area contributed by atoms with E-state index in [1.54, 1.807) is 0 Å². The first-order valence-electron chi connectivity index (χ1n) is 6.94. The van der Waals surface area contributed by atoms with Gasteiger partial charge in [-0.3, -0.25) is 0 Å². The zero-order valence-electron chi connectivity index (χ0n) is 12.8. The molecular weight excluding hydrogens is 348 g/mol. The molecule has 0 aliphatic heterocycles. The second-order valence-corrected chi connectivity index (χ2v) is 7.37. The Morgan fingerprint density at radius 1 is 1.05 bits per heavy atom. The van der Waals surface area contributed by atoms with Crippen LogP contribution in [0.5, 0.6) is 11.5 Å². The molecule has 0 spiro atoms. The third-order valence-electron chi connectivity index (χ3n) is 3.31. The third-order valence-corrected chi connectivity index (χ3v) is 4.24. The first kappa shape index (κ1) is 16.4. The fraction of sp³-hybridized carbons (Fsp3) is 0.333. The van der Waals surface area contributed by atoms with E-state index < -0.39 is 0 Å². The van der Waals surface area contributed by atoms with E-state index in [1.807, 2.05) is 24.3 Å². The number of benzene rings is 2. The summed E-state index contributed by atoms with van der Waals surface area (Å²) in [7, 11) is 0. The van der Waals surface area contributed by atoms with Crippen LogP contribution in [0.15, 0.2) is 40.9 Å². The van der Waals surface area contributed by atoms with Gasteiger partial charge in [-0.1, -0.05) is 44.5 Å². The van der Waals surface area contributed by atoms with Crippen molar-refractivity contribution in [3.05, 3.63) is 57.6 Å². The summed E-state index contributed by atoms with van der Waals surface area (Å²) < 4.78 is 7.05. The van der Waals surface area contributed by atoms with E-state index in [4.69, 9.17) is 16.3 Å². The van der Waals surface area contributed by atoms with Crippen LogP contribution in [0, 0.1) is 6.92 Å². The van der Waals surface area contributed by atoms with Crippen molar-refractivity contribution in [3.63, 3.8) is 0 Å². The normalized spacial score (nSPS) is 11.5. The summed E-state index contributed by atoms with van der Waals surface area (Å²) in [5, 5.41) is 0. The molecule has 0 aliphatic carbocycles. The highest BCUT2D eigenvalue weighted by Crippen LogP contribution is 2.37. The summed E-state index contributed by atoms with van der Waals surface area (Å²) in [6.45, 7) is 8.69. The minimum Gasteiger partial charge on any atom is -0.456 e. The Kier molecular flexibility index (Phi) is 5.00. The number of alkyl halides is 1. The first-order chi connectivity index (χ1) is 9.81. The van der Waals surface area contributed by atoms with Gasteiger partial charge in [0.2, 0.25) is 0 Å². The van der Waals surface area contributed by atoms with Gasteiger partial charge in [-0.2, -0.15) is 0 Å². The van der Waals surface area contributed by atoms with Crippen LogP contribution in [-0.4, -0.2) is 0 Å². The Morgan fingerprint density at radius 3 is 2.29 bits per heavy atom. The number of hydrogen-bond donors (Lipinski definition) is 0. The fourth-order valence-electron chi connectivity index (χ4n) is 2.15. The van der Waals surface area contributed by atoms with Crippen molar-refractivity contribution in [3.8, 4) is 11.5 Å². The maximum atomic E-state index is 6.13. The topological polar surface area (TPSA) is 9.23 Å². The number of ether oxygens (including phenoxy) is 1. The van der Waals surface area contributed by atoms with Crippen molar-refractivity contribution in [2.75, 3.05) is 0 Å². The molecule has 112 valence electrons. The van der Waals surface area contributed by atoms with Gasteiger partial charge in [0.1, 0.15) is 11.5 Å². The lowest BCUT2D eigenvalue weighted by Crippen LogP contribution is -2.12. The molecule has 0 amide bonds. The van der Waals surface area contributed by atoms with Crippen LogP contribution in [0.1, 0.15) is 37.5 Å². The van der Waals surface area contributed by atoms with Crippen molar-refractivity contribution in [1.29, 1.82) is 0 Å². The Labute approximate surface area is 140 Å². The molecule has 21 heavy (non-hydrogen) atoms. The molecule has 0 aromatic heterocycles. The highest BCUT2D eigenvalue weighted by atomic mass is 79.9. The van der Waals surface area contributed by atoms with Crippen LogP contribution in [0.2, 0.25) is 0 Å². The predicted octanol–water partition coefficient (Wildman–Crippen LogP) is 6.59. The second-order valence-electron chi connectivity index (χ2n) is 6.25. The molecule has 2 aromatic rings. The van der Waals surface area contributed by atoms with E-state index in [9.17, 15) is 0 Å². The van der Waals surface area contributed by atoms with Crippen LogP contribution < -0.4 is 4.74 Å². The molecule has 2 aromatic carbocycles. The van der Waals surface area contributed by atoms with Crippen LogP contribution in [0.25, 0.3) is 0 Å². The second kappa shape index (κ2) is 6.41. The highest BCUT2D eigenvalue weighted by Gasteiger charge is 2.20. The van der Waals surface area contributed by atoms with Gasteiger partial charge in [0.25, 0.3) is 0 Å². The standard InChI is InChI=1S/C18H20BrClO/c1-12-5-7-16(14(9-12)18(2,3)4)21-17-8-6-13(11-20)10-15(17)19/h5-10H,11H2,1-4H3.